The maximum Gasteiger partial charge on any atom is 0.317 e. The molecule has 0 radical (unpaired) electrons. The highest BCUT2D eigenvalue weighted by atomic mass is 32.2. The van der Waals surface area contributed by atoms with E-state index in [9.17, 15) is 14.4 Å². The van der Waals surface area contributed by atoms with Crippen molar-refractivity contribution in [2.75, 3.05) is 16.8 Å². The molecule has 27 heavy (non-hydrogen) atoms. The Morgan fingerprint density at radius 1 is 1.30 bits per heavy atom. The average Bonchev–Trinajstić information content (AvgIpc) is 2.85. The molecule has 2 rings (SSSR count). The fourth-order valence-electron chi connectivity index (χ4n) is 2.37. The van der Waals surface area contributed by atoms with Gasteiger partial charge in [0.1, 0.15) is 11.8 Å². The second-order valence-corrected chi connectivity index (χ2v) is 6.72. The first-order valence-electron chi connectivity index (χ1n) is 8.16. The van der Waals surface area contributed by atoms with Gasteiger partial charge in [-0.25, -0.2) is 4.68 Å². The minimum atomic E-state index is -0.824. The van der Waals surface area contributed by atoms with E-state index >= 15 is 0 Å². The lowest BCUT2D eigenvalue weighted by atomic mass is 10.3. The minimum absolute atomic E-state index is 0.0187. The molecule has 1 N–H and O–H groups in total. The van der Waals surface area contributed by atoms with E-state index in [2.05, 4.69) is 5.32 Å². The van der Waals surface area contributed by atoms with Crippen LogP contribution in [0.4, 0.5) is 5.69 Å². The van der Waals surface area contributed by atoms with Gasteiger partial charge in [-0.05, 0) is 26.0 Å². The maximum absolute atomic E-state index is 12.7. The van der Waals surface area contributed by atoms with Crippen molar-refractivity contribution < 1.29 is 14.3 Å². The molecule has 0 saturated heterocycles. The highest BCUT2D eigenvalue weighted by Gasteiger charge is 2.18. The Morgan fingerprint density at radius 2 is 1.96 bits per heavy atom. The van der Waals surface area contributed by atoms with E-state index < -0.39 is 18.0 Å². The van der Waals surface area contributed by atoms with E-state index in [0.717, 1.165) is 11.8 Å². The van der Waals surface area contributed by atoms with Crippen LogP contribution in [0.25, 0.3) is 5.69 Å². The Labute approximate surface area is 160 Å². The maximum atomic E-state index is 12.7. The van der Waals surface area contributed by atoms with Crippen LogP contribution in [0.2, 0.25) is 0 Å². The van der Waals surface area contributed by atoms with Gasteiger partial charge in [0, 0.05) is 7.05 Å². The molecule has 0 aliphatic rings. The first kappa shape index (κ1) is 20.3. The molecule has 0 unspecified atom stereocenters. The molecule has 0 fully saturated rings. The molecule has 1 aromatic carbocycles. The number of nitrogens with zero attached hydrogens (tertiary/aromatic N) is 3. The number of para-hydroxylation sites is 1. The van der Waals surface area contributed by atoms with E-state index in [1.54, 1.807) is 36.9 Å². The third-order valence-corrected chi connectivity index (χ3v) is 4.67. The Morgan fingerprint density at radius 3 is 2.59 bits per heavy atom. The number of nitrogens with one attached hydrogen (secondary N) is 1. The van der Waals surface area contributed by atoms with Gasteiger partial charge in [0.2, 0.25) is 5.91 Å². The molecule has 2 aromatic rings. The van der Waals surface area contributed by atoms with Gasteiger partial charge in [-0.2, -0.15) is 5.26 Å². The summed E-state index contributed by atoms with van der Waals surface area (Å²) in [6.45, 7) is 3.20. The van der Waals surface area contributed by atoms with Gasteiger partial charge in [0.15, 0.2) is 6.10 Å². The third kappa shape index (κ3) is 5.01. The minimum Gasteiger partial charge on any atom is -0.447 e. The lowest BCUT2D eigenvalue weighted by Crippen LogP contribution is -2.24. The molecular weight excluding hydrogens is 368 g/mol. The largest absolute Gasteiger partial charge is 0.447 e. The van der Waals surface area contributed by atoms with Crippen LogP contribution in [0, 0.1) is 18.3 Å². The molecule has 142 valence electrons. The summed E-state index contributed by atoms with van der Waals surface area (Å²) in [5.41, 5.74) is 1.18. The normalized spacial score (nSPS) is 11.5. The molecule has 0 aliphatic heterocycles. The predicted molar refractivity (Wildman–Crippen MR) is 103 cm³/mol. The lowest BCUT2D eigenvalue weighted by molar-refractivity contribution is -0.142. The van der Waals surface area contributed by atoms with Crippen molar-refractivity contribution in [3.8, 4) is 11.8 Å². The van der Waals surface area contributed by atoms with Crippen molar-refractivity contribution in [2.24, 2.45) is 7.05 Å². The number of thioether (sulfide) groups is 1. The molecule has 0 aliphatic carbocycles. The van der Waals surface area contributed by atoms with E-state index in [0.29, 0.717) is 11.4 Å². The van der Waals surface area contributed by atoms with Gasteiger partial charge in [0.05, 0.1) is 22.9 Å². The number of carbonyl (C=O) groups is 2. The van der Waals surface area contributed by atoms with Gasteiger partial charge in [-0.1, -0.05) is 18.2 Å². The van der Waals surface area contributed by atoms with Crippen molar-refractivity contribution in [1.29, 1.82) is 5.26 Å². The van der Waals surface area contributed by atoms with Crippen LogP contribution in [-0.4, -0.2) is 38.8 Å². The summed E-state index contributed by atoms with van der Waals surface area (Å²) in [4.78, 5) is 36.3. The van der Waals surface area contributed by atoms with Crippen molar-refractivity contribution in [1.82, 2.24) is 9.36 Å². The number of anilines is 1. The van der Waals surface area contributed by atoms with Crippen LogP contribution in [-0.2, 0) is 21.4 Å². The van der Waals surface area contributed by atoms with Crippen molar-refractivity contribution in [2.45, 2.75) is 20.0 Å². The topological polar surface area (TPSA) is 106 Å². The summed E-state index contributed by atoms with van der Waals surface area (Å²) in [6, 6.07) is 10.9. The second kappa shape index (κ2) is 9.09. The first-order chi connectivity index (χ1) is 12.8. The molecule has 0 bridgehead atoms. The zero-order valence-electron chi connectivity index (χ0n) is 15.3. The molecule has 1 amide bonds. The van der Waals surface area contributed by atoms with Crippen LogP contribution < -0.4 is 10.9 Å². The van der Waals surface area contributed by atoms with E-state index in [-0.39, 0.29) is 22.8 Å². The monoisotopic (exact) mass is 388 g/mol. The van der Waals surface area contributed by atoms with Crippen LogP contribution >= 0.6 is 11.8 Å². The average molecular weight is 388 g/mol. The van der Waals surface area contributed by atoms with Crippen LogP contribution in [0.3, 0.4) is 0 Å². The smallest absolute Gasteiger partial charge is 0.317 e. The number of aromatic nitrogens is 2. The number of esters is 1. The fraction of sp³-hybridized carbons (Fsp3) is 0.333. The summed E-state index contributed by atoms with van der Waals surface area (Å²) in [7, 11) is 1.74. The summed E-state index contributed by atoms with van der Waals surface area (Å²) in [5.74, 6) is -1.03. The van der Waals surface area contributed by atoms with Gasteiger partial charge in [0.25, 0.3) is 5.56 Å². The molecule has 8 nitrogen and oxygen atoms in total. The van der Waals surface area contributed by atoms with Crippen molar-refractivity contribution in [3.05, 3.63) is 46.4 Å². The van der Waals surface area contributed by atoms with Gasteiger partial charge in [-0.15, -0.1) is 11.8 Å². The molecule has 1 aromatic heterocycles. The molecule has 1 atom stereocenters. The first-order valence-corrected chi connectivity index (χ1v) is 9.31. The quantitative estimate of drug-likeness (QED) is 0.723. The molecule has 9 heteroatoms. The predicted octanol–water partition coefficient (Wildman–Crippen LogP) is 1.61. The Kier molecular flexibility index (Phi) is 6.85. The van der Waals surface area contributed by atoms with E-state index in [4.69, 9.17) is 10.00 Å². The Bertz CT molecular complexity index is 927. The van der Waals surface area contributed by atoms with E-state index in [1.165, 1.54) is 11.6 Å². The van der Waals surface area contributed by atoms with Gasteiger partial charge in [-0.3, -0.25) is 19.1 Å². The summed E-state index contributed by atoms with van der Waals surface area (Å²) in [6.07, 6.45) is -0.824. The number of benzene rings is 1. The third-order valence-electron chi connectivity index (χ3n) is 3.76. The number of hydrogen-bond donors (Lipinski definition) is 1. The number of hydrogen-bond acceptors (Lipinski definition) is 6. The number of rotatable bonds is 7. The molecule has 0 spiro atoms. The van der Waals surface area contributed by atoms with Gasteiger partial charge >= 0.3 is 5.97 Å². The lowest BCUT2D eigenvalue weighted by Gasteiger charge is -2.07. The Hall–Kier alpha value is -2.99. The SMILES string of the molecule is Cc1c(NC(=O)CSCC(=O)O[C@@H](C)C#N)c(=O)n(-c2ccccc2)n1C. The molecular formula is C18H20N4O4S. The van der Waals surface area contributed by atoms with Gasteiger partial charge < -0.3 is 10.1 Å². The van der Waals surface area contributed by atoms with Crippen LogP contribution in [0.5, 0.6) is 0 Å². The Balaban J connectivity index is 2.02. The summed E-state index contributed by atoms with van der Waals surface area (Å²) < 4.78 is 7.94. The second-order valence-electron chi connectivity index (χ2n) is 5.74. The molecule has 1 heterocycles. The highest BCUT2D eigenvalue weighted by Crippen LogP contribution is 2.14. The zero-order chi connectivity index (χ0) is 20.0. The van der Waals surface area contributed by atoms with Crippen LogP contribution in [0.15, 0.2) is 35.1 Å². The number of carbonyl (C=O) groups excluding carboxylic acids is 2. The van der Waals surface area contributed by atoms with Crippen LogP contribution in [0.1, 0.15) is 12.6 Å². The number of nitriles is 1. The number of amides is 1. The summed E-state index contributed by atoms with van der Waals surface area (Å²) >= 11 is 1.05. The number of ether oxygens (including phenoxy) is 1. The van der Waals surface area contributed by atoms with E-state index in [1.807, 2.05) is 18.2 Å². The zero-order valence-corrected chi connectivity index (χ0v) is 16.1. The van der Waals surface area contributed by atoms with Crippen molar-refractivity contribution >= 4 is 29.3 Å². The molecule has 0 saturated carbocycles. The van der Waals surface area contributed by atoms with Crippen molar-refractivity contribution in [3.63, 3.8) is 0 Å². The summed E-state index contributed by atoms with van der Waals surface area (Å²) in [5, 5.41) is 11.2. The highest BCUT2D eigenvalue weighted by molar-refractivity contribution is 8.00. The standard InChI is InChI=1S/C18H20N4O4S/c1-12(9-19)26-16(24)11-27-10-15(23)20-17-13(2)21(3)22(18(17)25)14-7-5-4-6-8-14/h4-8,12H,10-11H2,1-3H3,(H,20,23)/t12-/m0/s1. The fourth-order valence-corrected chi connectivity index (χ4v) is 2.97.